The smallest absolute Gasteiger partial charge is 0.336 e. The van der Waals surface area contributed by atoms with Crippen molar-refractivity contribution in [3.05, 3.63) is 64.0 Å². The van der Waals surface area contributed by atoms with Gasteiger partial charge in [0.25, 0.3) is 5.91 Å². The molecule has 33 heavy (non-hydrogen) atoms. The van der Waals surface area contributed by atoms with E-state index in [1.807, 2.05) is 52.0 Å². The van der Waals surface area contributed by atoms with Gasteiger partial charge in [0, 0.05) is 23.3 Å². The Hall–Kier alpha value is -3.26. The maximum Gasteiger partial charge on any atom is 0.336 e. The van der Waals surface area contributed by atoms with Crippen LogP contribution in [0.15, 0.2) is 56.7 Å². The molecule has 1 aliphatic heterocycles. The van der Waals surface area contributed by atoms with E-state index in [0.717, 1.165) is 16.5 Å². The molecule has 1 saturated heterocycles. The summed E-state index contributed by atoms with van der Waals surface area (Å²) in [5.74, 6) is 1.61. The molecule has 2 heterocycles. The van der Waals surface area contributed by atoms with Gasteiger partial charge in [-0.1, -0.05) is 17.8 Å². The summed E-state index contributed by atoms with van der Waals surface area (Å²) in [5, 5.41) is 1.43. The van der Waals surface area contributed by atoms with E-state index < -0.39 is 11.2 Å². The Bertz CT molecular complexity index is 1310. The number of carbonyl (C=O) groups is 1. The van der Waals surface area contributed by atoms with Crippen LogP contribution in [-0.2, 0) is 4.79 Å². The summed E-state index contributed by atoms with van der Waals surface area (Å²) in [6, 6.07) is 12.4. The van der Waals surface area contributed by atoms with Crippen LogP contribution in [0, 0.1) is 13.8 Å². The van der Waals surface area contributed by atoms with Gasteiger partial charge in [-0.2, -0.15) is 0 Å². The first-order valence-electron chi connectivity index (χ1n) is 10.5. The van der Waals surface area contributed by atoms with E-state index in [-0.39, 0.29) is 12.5 Å². The average Bonchev–Trinajstić information content (AvgIpc) is 3.05. The van der Waals surface area contributed by atoms with Crippen LogP contribution in [0.2, 0.25) is 0 Å². The fourth-order valence-electron chi connectivity index (χ4n) is 3.75. The molecule has 2 aromatic carbocycles. The number of nitrogens with zero attached hydrogens (tertiary/aromatic N) is 2. The average molecular weight is 467 g/mol. The molecule has 0 spiro atoms. The summed E-state index contributed by atoms with van der Waals surface area (Å²) in [5.41, 5.74) is 2.14. The quantitative estimate of drug-likeness (QED) is 0.501. The first kappa shape index (κ1) is 22.9. The number of rotatable bonds is 5. The largest absolute Gasteiger partial charge is 0.494 e. The van der Waals surface area contributed by atoms with E-state index in [2.05, 4.69) is 0 Å². The Morgan fingerprint density at radius 2 is 1.97 bits per heavy atom. The van der Waals surface area contributed by atoms with Crippen molar-refractivity contribution >= 4 is 39.5 Å². The molecular weight excluding hydrogens is 440 g/mol. The minimum atomic E-state index is -0.422. The summed E-state index contributed by atoms with van der Waals surface area (Å²) >= 11 is 1.53. The molecule has 1 aromatic heterocycles. The van der Waals surface area contributed by atoms with Gasteiger partial charge in [0.05, 0.1) is 12.6 Å². The highest BCUT2D eigenvalue weighted by Crippen LogP contribution is 2.37. The van der Waals surface area contributed by atoms with Crippen LogP contribution >= 0.6 is 11.8 Å². The molecule has 1 fully saturated rings. The number of methoxy groups -OCH3 is 1. The van der Waals surface area contributed by atoms with E-state index in [1.165, 1.54) is 17.8 Å². The lowest BCUT2D eigenvalue weighted by molar-refractivity contribution is -0.132. The van der Waals surface area contributed by atoms with E-state index >= 15 is 0 Å². The second kappa shape index (κ2) is 8.94. The van der Waals surface area contributed by atoms with Crippen molar-refractivity contribution in [3.8, 4) is 11.5 Å². The number of thioether (sulfide) groups is 1. The highest BCUT2D eigenvalue weighted by Gasteiger charge is 2.41. The number of amidine groups is 1. The minimum Gasteiger partial charge on any atom is -0.494 e. The number of aliphatic imine (C=N–C) groups is 1. The predicted octanol–water partition coefficient (Wildman–Crippen LogP) is 4.84. The van der Waals surface area contributed by atoms with Gasteiger partial charge in [0.2, 0.25) is 0 Å². The van der Waals surface area contributed by atoms with Gasteiger partial charge in [-0.05, 0) is 63.1 Å². The predicted molar refractivity (Wildman–Crippen MR) is 131 cm³/mol. The second-order valence-electron chi connectivity index (χ2n) is 8.60. The van der Waals surface area contributed by atoms with Crippen LogP contribution < -0.4 is 15.1 Å². The van der Waals surface area contributed by atoms with Gasteiger partial charge in [-0.25, -0.2) is 9.79 Å². The zero-order valence-electron chi connectivity index (χ0n) is 19.3. The summed E-state index contributed by atoms with van der Waals surface area (Å²) in [7, 11) is 1.60. The molecule has 1 aliphatic rings. The fourth-order valence-corrected chi connectivity index (χ4v) is 5.00. The van der Waals surface area contributed by atoms with E-state index in [1.54, 1.807) is 24.1 Å². The molecular formula is C25H26N2O5S. The number of aryl methyl sites for hydroxylation is 2. The number of hydrogen-bond acceptors (Lipinski definition) is 7. The third-order valence-corrected chi connectivity index (χ3v) is 6.82. The van der Waals surface area contributed by atoms with Gasteiger partial charge in [0.15, 0.2) is 11.8 Å². The monoisotopic (exact) mass is 466 g/mol. The summed E-state index contributed by atoms with van der Waals surface area (Å²) in [6.45, 7) is 7.66. The zero-order chi connectivity index (χ0) is 23.8. The van der Waals surface area contributed by atoms with Gasteiger partial charge in [-0.15, -0.1) is 0 Å². The van der Waals surface area contributed by atoms with Crippen LogP contribution in [0.1, 0.15) is 25.0 Å². The maximum absolute atomic E-state index is 13.2. The number of benzene rings is 2. The third kappa shape index (κ3) is 4.75. The van der Waals surface area contributed by atoms with E-state index in [9.17, 15) is 9.59 Å². The van der Waals surface area contributed by atoms with Gasteiger partial charge in [0.1, 0.15) is 22.8 Å². The number of hydrogen-bond donors (Lipinski definition) is 0. The first-order valence-corrected chi connectivity index (χ1v) is 11.5. The topological polar surface area (TPSA) is 81.3 Å². The molecule has 0 saturated carbocycles. The van der Waals surface area contributed by atoms with Crippen molar-refractivity contribution < 1.29 is 18.7 Å². The van der Waals surface area contributed by atoms with E-state index in [4.69, 9.17) is 18.9 Å². The molecule has 1 amide bonds. The molecule has 0 radical (unpaired) electrons. The first-order chi connectivity index (χ1) is 15.7. The van der Waals surface area contributed by atoms with Crippen LogP contribution in [0.4, 0.5) is 5.69 Å². The standard InChI is InChI=1S/C25H26N2O5S/c1-15-6-9-20(30-5)19(10-15)26-24-27(25(3,4)14-33-24)22(28)13-31-17-7-8-18-16(2)11-23(29)32-21(18)12-17/h6-12H,13-14H2,1-5H3. The van der Waals surface area contributed by atoms with Crippen LogP contribution in [0.25, 0.3) is 11.0 Å². The lowest BCUT2D eigenvalue weighted by atomic mass is 10.1. The molecule has 0 aliphatic carbocycles. The highest BCUT2D eigenvalue weighted by atomic mass is 32.2. The van der Waals surface area contributed by atoms with Crippen molar-refractivity contribution in [2.24, 2.45) is 4.99 Å². The fraction of sp³-hybridized carbons (Fsp3) is 0.320. The van der Waals surface area contributed by atoms with Gasteiger partial charge >= 0.3 is 5.63 Å². The molecule has 0 atom stereocenters. The Morgan fingerprint density at radius 3 is 2.73 bits per heavy atom. The third-order valence-electron chi connectivity index (χ3n) is 5.44. The van der Waals surface area contributed by atoms with Crippen molar-refractivity contribution in [3.63, 3.8) is 0 Å². The zero-order valence-corrected chi connectivity index (χ0v) is 20.1. The molecule has 8 heteroatoms. The number of ether oxygens (including phenoxy) is 2. The summed E-state index contributed by atoms with van der Waals surface area (Å²) in [4.78, 5) is 31.4. The molecule has 3 aromatic rings. The van der Waals surface area contributed by atoms with Crippen molar-refractivity contribution in [1.82, 2.24) is 4.90 Å². The molecule has 7 nitrogen and oxygen atoms in total. The molecule has 0 unspecified atom stereocenters. The molecule has 0 N–H and O–H groups in total. The highest BCUT2D eigenvalue weighted by molar-refractivity contribution is 8.14. The summed E-state index contributed by atoms with van der Waals surface area (Å²) in [6.07, 6.45) is 0. The Kier molecular flexibility index (Phi) is 6.21. The van der Waals surface area contributed by atoms with Crippen molar-refractivity contribution in [2.75, 3.05) is 19.5 Å². The Balaban J connectivity index is 1.57. The normalized spacial score (nSPS) is 16.4. The lowest BCUT2D eigenvalue weighted by Crippen LogP contribution is -2.48. The minimum absolute atomic E-state index is 0.171. The SMILES string of the molecule is COc1ccc(C)cc1N=C1SCC(C)(C)N1C(=O)COc1ccc2c(C)cc(=O)oc2c1. The van der Waals surface area contributed by atoms with Gasteiger partial charge in [-0.3, -0.25) is 9.69 Å². The van der Waals surface area contributed by atoms with Crippen LogP contribution in [-0.4, -0.2) is 41.0 Å². The molecule has 4 rings (SSSR count). The lowest BCUT2D eigenvalue weighted by Gasteiger charge is -2.30. The van der Waals surface area contributed by atoms with E-state index in [0.29, 0.717) is 33.7 Å². The second-order valence-corrected chi connectivity index (χ2v) is 9.54. The Labute approximate surface area is 196 Å². The molecule has 172 valence electrons. The molecule has 0 bridgehead atoms. The van der Waals surface area contributed by atoms with Crippen molar-refractivity contribution in [1.29, 1.82) is 0 Å². The number of carbonyl (C=O) groups excluding carboxylic acids is 1. The van der Waals surface area contributed by atoms with Gasteiger partial charge < -0.3 is 13.9 Å². The summed E-state index contributed by atoms with van der Waals surface area (Å²) < 4.78 is 16.5. The number of fused-ring (bicyclic) bond motifs is 1. The van der Waals surface area contributed by atoms with Crippen molar-refractivity contribution in [2.45, 2.75) is 33.2 Å². The van der Waals surface area contributed by atoms with Crippen LogP contribution in [0.5, 0.6) is 11.5 Å². The van der Waals surface area contributed by atoms with Crippen LogP contribution in [0.3, 0.4) is 0 Å². The Morgan fingerprint density at radius 1 is 1.18 bits per heavy atom. The number of amides is 1. The maximum atomic E-state index is 13.2.